The van der Waals surface area contributed by atoms with Gasteiger partial charge in [0, 0.05) is 12.6 Å². The Morgan fingerprint density at radius 1 is 1.19 bits per heavy atom. The van der Waals surface area contributed by atoms with E-state index in [0.29, 0.717) is 0 Å². The lowest BCUT2D eigenvalue weighted by molar-refractivity contribution is 0.280. The van der Waals surface area contributed by atoms with Crippen LogP contribution in [0.4, 0.5) is 0 Å². The molecule has 0 fully saturated rings. The molecule has 0 radical (unpaired) electrons. The zero-order valence-corrected chi connectivity index (χ0v) is 9.35. The quantitative estimate of drug-likeness (QED) is 0.849. The highest BCUT2D eigenvalue weighted by Crippen LogP contribution is 2.13. The molecule has 2 rings (SSSR count). The van der Waals surface area contributed by atoms with Gasteiger partial charge >= 0.3 is 0 Å². The van der Waals surface area contributed by atoms with Crippen molar-refractivity contribution in [2.75, 3.05) is 0 Å². The second-order valence-corrected chi connectivity index (χ2v) is 3.93. The SMILES string of the molecule is Cc1cccc(Cc2ncccc2CO)c1. The standard InChI is InChI=1S/C14H15NO/c1-11-4-2-5-12(8-11)9-14-13(10-16)6-3-7-15-14/h2-8,16H,9-10H2,1H3. The molecule has 0 atom stereocenters. The van der Waals surface area contributed by atoms with Gasteiger partial charge < -0.3 is 5.11 Å². The molecule has 2 aromatic rings. The number of aliphatic hydroxyl groups excluding tert-OH is 1. The van der Waals surface area contributed by atoms with Crippen molar-refractivity contribution in [1.82, 2.24) is 4.98 Å². The number of hydrogen-bond acceptors (Lipinski definition) is 2. The summed E-state index contributed by atoms with van der Waals surface area (Å²) in [6.07, 6.45) is 2.54. The Kier molecular flexibility index (Phi) is 3.32. The van der Waals surface area contributed by atoms with Crippen molar-refractivity contribution >= 4 is 0 Å². The molecule has 0 saturated carbocycles. The predicted octanol–water partition coefficient (Wildman–Crippen LogP) is 2.47. The van der Waals surface area contributed by atoms with Crippen LogP contribution in [0.25, 0.3) is 0 Å². The summed E-state index contributed by atoms with van der Waals surface area (Å²) in [7, 11) is 0. The molecular weight excluding hydrogens is 198 g/mol. The van der Waals surface area contributed by atoms with E-state index in [-0.39, 0.29) is 6.61 Å². The summed E-state index contributed by atoms with van der Waals surface area (Å²) in [4.78, 5) is 4.31. The minimum atomic E-state index is 0.0506. The molecule has 1 aromatic carbocycles. The van der Waals surface area contributed by atoms with E-state index in [0.717, 1.165) is 17.7 Å². The minimum absolute atomic E-state index is 0.0506. The molecule has 16 heavy (non-hydrogen) atoms. The molecule has 0 spiro atoms. The van der Waals surface area contributed by atoms with Crippen LogP contribution in [0.5, 0.6) is 0 Å². The number of aryl methyl sites for hydroxylation is 1. The van der Waals surface area contributed by atoms with Gasteiger partial charge in [-0.2, -0.15) is 0 Å². The van der Waals surface area contributed by atoms with Crippen molar-refractivity contribution in [3.05, 3.63) is 65.0 Å². The largest absolute Gasteiger partial charge is 0.392 e. The molecule has 0 aliphatic heterocycles. The van der Waals surface area contributed by atoms with Crippen molar-refractivity contribution in [1.29, 1.82) is 0 Å². The molecule has 2 heteroatoms. The highest BCUT2D eigenvalue weighted by atomic mass is 16.3. The van der Waals surface area contributed by atoms with Gasteiger partial charge in [0.05, 0.1) is 12.3 Å². The highest BCUT2D eigenvalue weighted by molar-refractivity contribution is 5.29. The maximum Gasteiger partial charge on any atom is 0.0699 e. The molecule has 0 amide bonds. The number of hydrogen-bond donors (Lipinski definition) is 1. The zero-order chi connectivity index (χ0) is 11.4. The van der Waals surface area contributed by atoms with E-state index in [9.17, 15) is 5.11 Å². The third-order valence-corrected chi connectivity index (χ3v) is 2.61. The second-order valence-electron chi connectivity index (χ2n) is 3.93. The van der Waals surface area contributed by atoms with Crippen molar-refractivity contribution in [3.63, 3.8) is 0 Å². The van der Waals surface area contributed by atoms with Crippen LogP contribution in [0.1, 0.15) is 22.4 Å². The van der Waals surface area contributed by atoms with Crippen LogP contribution >= 0.6 is 0 Å². The lowest BCUT2D eigenvalue weighted by atomic mass is 10.0. The van der Waals surface area contributed by atoms with Gasteiger partial charge in [-0.15, -0.1) is 0 Å². The number of aliphatic hydroxyl groups is 1. The molecule has 0 aliphatic carbocycles. The number of nitrogens with zero attached hydrogens (tertiary/aromatic N) is 1. The van der Waals surface area contributed by atoms with Crippen LogP contribution in [0.2, 0.25) is 0 Å². The van der Waals surface area contributed by atoms with Gasteiger partial charge in [-0.3, -0.25) is 4.98 Å². The van der Waals surface area contributed by atoms with E-state index in [4.69, 9.17) is 0 Å². The summed E-state index contributed by atoms with van der Waals surface area (Å²) >= 11 is 0. The molecule has 1 heterocycles. The minimum Gasteiger partial charge on any atom is -0.392 e. The highest BCUT2D eigenvalue weighted by Gasteiger charge is 2.03. The summed E-state index contributed by atoms with van der Waals surface area (Å²) < 4.78 is 0. The number of benzene rings is 1. The van der Waals surface area contributed by atoms with E-state index >= 15 is 0 Å². The van der Waals surface area contributed by atoms with Gasteiger partial charge in [-0.25, -0.2) is 0 Å². The summed E-state index contributed by atoms with van der Waals surface area (Å²) in [5.74, 6) is 0. The predicted molar refractivity (Wildman–Crippen MR) is 64.1 cm³/mol. The van der Waals surface area contributed by atoms with Crippen LogP contribution in [-0.4, -0.2) is 10.1 Å². The van der Waals surface area contributed by atoms with Gasteiger partial charge in [0.15, 0.2) is 0 Å². The van der Waals surface area contributed by atoms with E-state index in [1.807, 2.05) is 18.2 Å². The van der Waals surface area contributed by atoms with Crippen molar-refractivity contribution < 1.29 is 5.11 Å². The normalized spacial score (nSPS) is 10.4. The molecule has 82 valence electrons. The maximum atomic E-state index is 9.21. The third kappa shape index (κ3) is 2.47. The molecule has 0 aliphatic rings. The van der Waals surface area contributed by atoms with E-state index < -0.39 is 0 Å². The first kappa shape index (κ1) is 10.8. The number of rotatable bonds is 3. The lowest BCUT2D eigenvalue weighted by Crippen LogP contribution is -1.98. The summed E-state index contributed by atoms with van der Waals surface area (Å²) in [5, 5.41) is 9.21. The van der Waals surface area contributed by atoms with Crippen LogP contribution in [0.15, 0.2) is 42.6 Å². The Morgan fingerprint density at radius 3 is 2.81 bits per heavy atom. The molecule has 0 saturated heterocycles. The van der Waals surface area contributed by atoms with Gasteiger partial charge in [-0.1, -0.05) is 35.9 Å². The van der Waals surface area contributed by atoms with E-state index in [2.05, 4.69) is 30.1 Å². The van der Waals surface area contributed by atoms with Gasteiger partial charge in [0.25, 0.3) is 0 Å². The van der Waals surface area contributed by atoms with E-state index in [1.54, 1.807) is 6.20 Å². The fourth-order valence-electron chi connectivity index (χ4n) is 1.79. The average Bonchev–Trinajstić information content (AvgIpc) is 2.30. The number of aromatic nitrogens is 1. The van der Waals surface area contributed by atoms with Crippen LogP contribution in [0.3, 0.4) is 0 Å². The molecule has 0 unspecified atom stereocenters. The Morgan fingerprint density at radius 2 is 2.06 bits per heavy atom. The van der Waals surface area contributed by atoms with E-state index in [1.165, 1.54) is 11.1 Å². The van der Waals surface area contributed by atoms with Gasteiger partial charge in [0.2, 0.25) is 0 Å². The monoisotopic (exact) mass is 213 g/mol. The Hall–Kier alpha value is -1.67. The lowest BCUT2D eigenvalue weighted by Gasteiger charge is -2.06. The average molecular weight is 213 g/mol. The topological polar surface area (TPSA) is 33.1 Å². The second kappa shape index (κ2) is 4.90. The Balaban J connectivity index is 2.26. The Bertz CT molecular complexity index is 480. The smallest absolute Gasteiger partial charge is 0.0699 e. The third-order valence-electron chi connectivity index (χ3n) is 2.61. The molecule has 1 aromatic heterocycles. The molecule has 0 bridgehead atoms. The first-order chi connectivity index (χ1) is 7.79. The Labute approximate surface area is 95.6 Å². The van der Waals surface area contributed by atoms with Gasteiger partial charge in [0.1, 0.15) is 0 Å². The summed E-state index contributed by atoms with van der Waals surface area (Å²) in [6.45, 7) is 2.13. The zero-order valence-electron chi connectivity index (χ0n) is 9.35. The van der Waals surface area contributed by atoms with Crippen molar-refractivity contribution in [2.24, 2.45) is 0 Å². The fraction of sp³-hybridized carbons (Fsp3) is 0.214. The van der Waals surface area contributed by atoms with Crippen molar-refractivity contribution in [2.45, 2.75) is 20.0 Å². The summed E-state index contributed by atoms with van der Waals surface area (Å²) in [6, 6.07) is 12.1. The van der Waals surface area contributed by atoms with Crippen molar-refractivity contribution in [3.8, 4) is 0 Å². The molecule has 2 nitrogen and oxygen atoms in total. The fourth-order valence-corrected chi connectivity index (χ4v) is 1.79. The first-order valence-electron chi connectivity index (χ1n) is 5.39. The molecular formula is C14H15NO. The maximum absolute atomic E-state index is 9.21. The number of pyridine rings is 1. The first-order valence-corrected chi connectivity index (χ1v) is 5.39. The molecule has 1 N–H and O–H groups in total. The van der Waals surface area contributed by atoms with Crippen LogP contribution < -0.4 is 0 Å². The van der Waals surface area contributed by atoms with Gasteiger partial charge in [-0.05, 0) is 24.1 Å². The van der Waals surface area contributed by atoms with Crippen LogP contribution in [0, 0.1) is 6.92 Å². The van der Waals surface area contributed by atoms with Crippen LogP contribution in [-0.2, 0) is 13.0 Å². The summed E-state index contributed by atoms with van der Waals surface area (Å²) in [5.41, 5.74) is 4.34.